The van der Waals surface area contributed by atoms with Gasteiger partial charge in [-0.05, 0) is 29.4 Å². The standard InChI is InChI=1S/C15H14O2/c16-14-8-9-15(17)11-13(10-14)7-6-12-4-2-1-3-5-12/h1-8,10-11,16-17H,9H2/b7-6+. The van der Waals surface area contributed by atoms with Gasteiger partial charge in [0.1, 0.15) is 5.76 Å². The van der Waals surface area contributed by atoms with Crippen molar-refractivity contribution >= 4 is 6.08 Å². The first-order valence-electron chi connectivity index (χ1n) is 5.47. The topological polar surface area (TPSA) is 40.5 Å². The summed E-state index contributed by atoms with van der Waals surface area (Å²) in [4.78, 5) is 0. The Balaban J connectivity index is 2.21. The predicted octanol–water partition coefficient (Wildman–Crippen LogP) is 3.91. The number of benzene rings is 1. The van der Waals surface area contributed by atoms with Crippen LogP contribution < -0.4 is 0 Å². The van der Waals surface area contributed by atoms with E-state index in [0.29, 0.717) is 6.42 Å². The molecule has 2 N–H and O–H groups in total. The molecule has 1 aromatic rings. The van der Waals surface area contributed by atoms with Gasteiger partial charge in [-0.1, -0.05) is 42.5 Å². The summed E-state index contributed by atoms with van der Waals surface area (Å²) in [6.45, 7) is 0. The molecule has 2 rings (SSSR count). The van der Waals surface area contributed by atoms with Crippen LogP contribution in [0.5, 0.6) is 0 Å². The van der Waals surface area contributed by atoms with Crippen molar-refractivity contribution in [2.75, 3.05) is 0 Å². The lowest BCUT2D eigenvalue weighted by Gasteiger charge is -1.95. The highest BCUT2D eigenvalue weighted by Crippen LogP contribution is 2.15. The van der Waals surface area contributed by atoms with Crippen LogP contribution in [0, 0.1) is 0 Å². The highest BCUT2D eigenvalue weighted by atomic mass is 16.3. The van der Waals surface area contributed by atoms with Crippen LogP contribution in [0.3, 0.4) is 0 Å². The van der Waals surface area contributed by atoms with Gasteiger partial charge in [0, 0.05) is 6.42 Å². The fourth-order valence-electron chi connectivity index (χ4n) is 1.58. The van der Waals surface area contributed by atoms with Crippen molar-refractivity contribution < 1.29 is 10.2 Å². The molecule has 1 aliphatic carbocycles. The zero-order chi connectivity index (χ0) is 12.1. The maximum Gasteiger partial charge on any atom is 0.112 e. The van der Waals surface area contributed by atoms with E-state index < -0.39 is 0 Å². The van der Waals surface area contributed by atoms with E-state index in [9.17, 15) is 10.2 Å². The molecule has 0 aliphatic heterocycles. The van der Waals surface area contributed by atoms with E-state index in [0.717, 1.165) is 11.1 Å². The summed E-state index contributed by atoms with van der Waals surface area (Å²) in [7, 11) is 0. The Bertz CT molecular complexity index is 505. The van der Waals surface area contributed by atoms with E-state index in [1.807, 2.05) is 42.5 Å². The molecule has 0 amide bonds. The summed E-state index contributed by atoms with van der Waals surface area (Å²) in [5.74, 6) is 0.427. The molecule has 0 saturated heterocycles. The summed E-state index contributed by atoms with van der Waals surface area (Å²) >= 11 is 0. The lowest BCUT2D eigenvalue weighted by Crippen LogP contribution is -1.78. The van der Waals surface area contributed by atoms with Gasteiger partial charge in [-0.2, -0.15) is 0 Å². The van der Waals surface area contributed by atoms with Crippen LogP contribution in [0.2, 0.25) is 0 Å². The van der Waals surface area contributed by atoms with Crippen LogP contribution in [0.4, 0.5) is 0 Å². The van der Waals surface area contributed by atoms with E-state index in [4.69, 9.17) is 0 Å². The molecule has 0 atom stereocenters. The van der Waals surface area contributed by atoms with E-state index in [1.54, 1.807) is 18.2 Å². The highest BCUT2D eigenvalue weighted by molar-refractivity contribution is 5.55. The third kappa shape index (κ3) is 3.38. The van der Waals surface area contributed by atoms with Crippen LogP contribution in [-0.2, 0) is 0 Å². The quantitative estimate of drug-likeness (QED) is 0.802. The fraction of sp³-hybridized carbons (Fsp3) is 0.0667. The molecule has 17 heavy (non-hydrogen) atoms. The van der Waals surface area contributed by atoms with Gasteiger partial charge in [0.15, 0.2) is 0 Å². The molecule has 0 unspecified atom stereocenters. The zero-order valence-corrected chi connectivity index (χ0v) is 9.38. The molecule has 2 heteroatoms. The molecular weight excluding hydrogens is 212 g/mol. The van der Waals surface area contributed by atoms with Crippen LogP contribution >= 0.6 is 0 Å². The molecule has 2 nitrogen and oxygen atoms in total. The monoisotopic (exact) mass is 226 g/mol. The third-order valence-corrected chi connectivity index (χ3v) is 2.44. The van der Waals surface area contributed by atoms with E-state index in [1.165, 1.54) is 0 Å². The largest absolute Gasteiger partial charge is 0.512 e. The number of aliphatic hydroxyl groups is 2. The molecule has 0 radical (unpaired) electrons. The van der Waals surface area contributed by atoms with Gasteiger partial charge in [0.2, 0.25) is 0 Å². The molecular formula is C15H14O2. The second-order valence-electron chi connectivity index (χ2n) is 3.86. The summed E-state index contributed by atoms with van der Waals surface area (Å²) in [6, 6.07) is 9.88. The van der Waals surface area contributed by atoms with Crippen LogP contribution in [0.1, 0.15) is 12.0 Å². The molecule has 0 heterocycles. The molecule has 0 saturated carbocycles. The van der Waals surface area contributed by atoms with Gasteiger partial charge in [0.25, 0.3) is 0 Å². The minimum absolute atomic E-state index is 0.179. The van der Waals surface area contributed by atoms with Gasteiger partial charge in [-0.15, -0.1) is 0 Å². The van der Waals surface area contributed by atoms with Gasteiger partial charge in [-0.25, -0.2) is 0 Å². The molecule has 0 bridgehead atoms. The fourth-order valence-corrected chi connectivity index (χ4v) is 1.58. The molecule has 86 valence electrons. The average Bonchev–Trinajstić information content (AvgIpc) is 2.50. The second kappa shape index (κ2) is 5.21. The highest BCUT2D eigenvalue weighted by Gasteiger charge is 2.00. The minimum atomic E-state index is 0.179. The Morgan fingerprint density at radius 3 is 2.47 bits per heavy atom. The lowest BCUT2D eigenvalue weighted by molar-refractivity contribution is 0.395. The first kappa shape index (κ1) is 11.3. The van der Waals surface area contributed by atoms with Crippen molar-refractivity contribution in [2.24, 2.45) is 0 Å². The van der Waals surface area contributed by atoms with Crippen molar-refractivity contribution in [3.05, 3.63) is 77.3 Å². The van der Waals surface area contributed by atoms with E-state index in [2.05, 4.69) is 0 Å². The van der Waals surface area contributed by atoms with Gasteiger partial charge in [-0.3, -0.25) is 0 Å². The molecule has 0 fully saturated rings. The van der Waals surface area contributed by atoms with Gasteiger partial charge < -0.3 is 10.2 Å². The number of hydrogen-bond acceptors (Lipinski definition) is 2. The maximum absolute atomic E-state index is 9.51. The average molecular weight is 226 g/mol. The predicted molar refractivity (Wildman–Crippen MR) is 69.6 cm³/mol. The summed E-state index contributed by atoms with van der Waals surface area (Å²) in [6.07, 6.45) is 9.02. The molecule has 1 aromatic carbocycles. The number of aliphatic hydroxyl groups excluding tert-OH is 2. The molecule has 0 spiro atoms. The van der Waals surface area contributed by atoms with Crippen molar-refractivity contribution in [3.8, 4) is 0 Å². The normalized spacial score (nSPS) is 16.1. The Morgan fingerprint density at radius 1 is 0.941 bits per heavy atom. The third-order valence-electron chi connectivity index (χ3n) is 2.44. The van der Waals surface area contributed by atoms with Crippen LogP contribution in [0.15, 0.2) is 71.7 Å². The molecule has 0 aromatic heterocycles. The second-order valence-corrected chi connectivity index (χ2v) is 3.86. The van der Waals surface area contributed by atoms with E-state index >= 15 is 0 Å². The van der Waals surface area contributed by atoms with Gasteiger partial charge >= 0.3 is 0 Å². The number of allylic oxidation sites excluding steroid dienone is 5. The van der Waals surface area contributed by atoms with Crippen molar-refractivity contribution in [3.63, 3.8) is 0 Å². The Morgan fingerprint density at radius 2 is 1.71 bits per heavy atom. The SMILES string of the molecule is OC1=CCC(O)=CC(/C=C/c2ccccc2)=C1. The molecule has 1 aliphatic rings. The van der Waals surface area contributed by atoms with Crippen molar-refractivity contribution in [1.29, 1.82) is 0 Å². The smallest absolute Gasteiger partial charge is 0.112 e. The number of hydrogen-bond donors (Lipinski definition) is 2. The van der Waals surface area contributed by atoms with Gasteiger partial charge in [0.05, 0.1) is 5.76 Å². The Labute approximate surface area is 101 Å². The van der Waals surface area contributed by atoms with E-state index in [-0.39, 0.29) is 11.5 Å². The van der Waals surface area contributed by atoms with Crippen LogP contribution in [0.25, 0.3) is 6.08 Å². The summed E-state index contributed by atoms with van der Waals surface area (Å²) < 4.78 is 0. The summed E-state index contributed by atoms with van der Waals surface area (Å²) in [5.41, 5.74) is 1.85. The Hall–Kier alpha value is -2.22. The first-order valence-corrected chi connectivity index (χ1v) is 5.47. The maximum atomic E-state index is 9.51. The Kier molecular flexibility index (Phi) is 3.46. The minimum Gasteiger partial charge on any atom is -0.512 e. The lowest BCUT2D eigenvalue weighted by atomic mass is 10.1. The van der Waals surface area contributed by atoms with Crippen LogP contribution in [-0.4, -0.2) is 10.2 Å². The summed E-state index contributed by atoms with van der Waals surface area (Å²) in [5, 5.41) is 19.0. The first-order chi connectivity index (χ1) is 8.24. The number of rotatable bonds is 2. The van der Waals surface area contributed by atoms with Crippen molar-refractivity contribution in [2.45, 2.75) is 6.42 Å². The van der Waals surface area contributed by atoms with Crippen molar-refractivity contribution in [1.82, 2.24) is 0 Å². The zero-order valence-electron chi connectivity index (χ0n) is 9.38.